The highest BCUT2D eigenvalue weighted by Gasteiger charge is 2.27. The number of imide groups is 1. The molecule has 4 rings (SSSR count). The molecule has 0 saturated heterocycles. The summed E-state index contributed by atoms with van der Waals surface area (Å²) in [6.07, 6.45) is 1.33. The average Bonchev–Trinajstić information content (AvgIpc) is 2.85. The number of rotatable bonds is 5. The van der Waals surface area contributed by atoms with Crippen LogP contribution in [-0.4, -0.2) is 28.9 Å². The van der Waals surface area contributed by atoms with E-state index >= 15 is 0 Å². The molecule has 1 heterocycles. The molecule has 0 N–H and O–H groups in total. The van der Waals surface area contributed by atoms with Gasteiger partial charge in [0.2, 0.25) is 0 Å². The minimum atomic E-state index is -0.473. The first-order valence-electron chi connectivity index (χ1n) is 9.63. The third kappa shape index (κ3) is 4.18. The van der Waals surface area contributed by atoms with E-state index in [0.29, 0.717) is 22.6 Å². The number of benzene rings is 3. The minimum Gasteiger partial charge on any atom is -0.496 e. The van der Waals surface area contributed by atoms with Crippen LogP contribution in [0.25, 0.3) is 11.3 Å². The lowest BCUT2D eigenvalue weighted by Crippen LogP contribution is -2.37. The molecule has 0 fully saturated rings. The first-order chi connectivity index (χ1) is 15.2. The van der Waals surface area contributed by atoms with Gasteiger partial charge in [-0.25, -0.2) is 14.9 Å². The van der Waals surface area contributed by atoms with Crippen LogP contribution in [0.15, 0.2) is 97.3 Å². The van der Waals surface area contributed by atoms with Crippen molar-refractivity contribution in [3.05, 3.63) is 108 Å². The number of methoxy groups -OCH3 is 1. The Labute approximate surface area is 179 Å². The summed E-state index contributed by atoms with van der Waals surface area (Å²) in [7, 11) is 1.57. The number of carbonyl (C=O) groups is 2. The number of hydrogen-bond acceptors (Lipinski definition) is 5. The Bertz CT molecular complexity index is 1160. The third-order valence-electron chi connectivity index (χ3n) is 4.71. The zero-order chi connectivity index (χ0) is 21.6. The maximum absolute atomic E-state index is 13.4. The van der Waals surface area contributed by atoms with Crippen LogP contribution in [0, 0.1) is 0 Å². The van der Waals surface area contributed by atoms with Crippen LogP contribution in [0.5, 0.6) is 5.75 Å². The number of carbonyl (C=O) groups excluding carboxylic acids is 2. The summed E-state index contributed by atoms with van der Waals surface area (Å²) in [5.41, 5.74) is 2.02. The van der Waals surface area contributed by atoms with Crippen LogP contribution in [0.1, 0.15) is 20.7 Å². The molecule has 6 nitrogen and oxygen atoms in total. The number of ether oxygens (including phenoxy) is 1. The fourth-order valence-corrected chi connectivity index (χ4v) is 3.19. The molecule has 31 heavy (non-hydrogen) atoms. The summed E-state index contributed by atoms with van der Waals surface area (Å²) in [5.74, 6) is -0.139. The second-order valence-corrected chi connectivity index (χ2v) is 6.64. The van der Waals surface area contributed by atoms with Gasteiger partial charge in [0.15, 0.2) is 0 Å². The molecule has 152 valence electrons. The predicted molar refractivity (Wildman–Crippen MR) is 118 cm³/mol. The summed E-state index contributed by atoms with van der Waals surface area (Å²) in [5, 5.41) is 0. The highest BCUT2D eigenvalue weighted by Crippen LogP contribution is 2.30. The van der Waals surface area contributed by atoms with Crippen molar-refractivity contribution in [3.8, 4) is 17.0 Å². The van der Waals surface area contributed by atoms with Crippen LogP contribution >= 0.6 is 0 Å². The number of amides is 2. The monoisotopic (exact) mass is 409 g/mol. The standard InChI is InChI=1S/C25H19N3O3/c1-31-22-15-9-8-14-20(22)21-16-23(27-17-26-21)28(24(29)18-10-4-2-5-11-18)25(30)19-12-6-3-7-13-19/h2-17H,1H3. The Balaban J connectivity index is 1.82. The number of hydrogen-bond donors (Lipinski definition) is 0. The van der Waals surface area contributed by atoms with E-state index in [1.807, 2.05) is 36.4 Å². The molecule has 0 spiro atoms. The molecule has 0 saturated carbocycles. The van der Waals surface area contributed by atoms with Crippen LogP contribution < -0.4 is 9.64 Å². The number of para-hydroxylation sites is 1. The number of anilines is 1. The minimum absolute atomic E-state index is 0.179. The molecule has 1 aromatic heterocycles. The van der Waals surface area contributed by atoms with Gasteiger partial charge < -0.3 is 4.74 Å². The van der Waals surface area contributed by atoms with Crippen molar-refractivity contribution in [2.24, 2.45) is 0 Å². The van der Waals surface area contributed by atoms with Crippen LogP contribution in [-0.2, 0) is 0 Å². The van der Waals surface area contributed by atoms with E-state index in [-0.39, 0.29) is 5.82 Å². The highest BCUT2D eigenvalue weighted by atomic mass is 16.5. The Kier molecular flexibility index (Phi) is 5.80. The van der Waals surface area contributed by atoms with Crippen LogP contribution in [0.4, 0.5) is 5.82 Å². The fraction of sp³-hybridized carbons (Fsp3) is 0.0400. The molecule has 0 unspecified atom stereocenters. The second kappa shape index (κ2) is 9.00. The van der Waals surface area contributed by atoms with Gasteiger partial charge in [-0.1, -0.05) is 48.5 Å². The fourth-order valence-electron chi connectivity index (χ4n) is 3.19. The number of nitrogens with zero attached hydrogens (tertiary/aromatic N) is 3. The third-order valence-corrected chi connectivity index (χ3v) is 4.71. The molecular weight excluding hydrogens is 390 g/mol. The molecule has 0 radical (unpaired) electrons. The smallest absolute Gasteiger partial charge is 0.266 e. The lowest BCUT2D eigenvalue weighted by Gasteiger charge is -2.20. The van der Waals surface area contributed by atoms with Gasteiger partial charge in [0, 0.05) is 22.8 Å². The zero-order valence-electron chi connectivity index (χ0n) is 16.8. The molecule has 4 aromatic rings. The van der Waals surface area contributed by atoms with E-state index in [2.05, 4.69) is 9.97 Å². The van der Waals surface area contributed by atoms with Crippen molar-refractivity contribution in [2.75, 3.05) is 12.0 Å². The summed E-state index contributed by atoms with van der Waals surface area (Å²) < 4.78 is 5.43. The molecule has 0 bridgehead atoms. The van der Waals surface area contributed by atoms with Gasteiger partial charge in [-0.3, -0.25) is 9.59 Å². The van der Waals surface area contributed by atoms with Crippen molar-refractivity contribution in [1.82, 2.24) is 9.97 Å². The maximum Gasteiger partial charge on any atom is 0.266 e. The summed E-state index contributed by atoms with van der Waals surface area (Å²) in [6, 6.07) is 26.3. The van der Waals surface area contributed by atoms with Crippen molar-refractivity contribution in [2.45, 2.75) is 0 Å². The van der Waals surface area contributed by atoms with Gasteiger partial charge in [0.1, 0.15) is 17.9 Å². The highest BCUT2D eigenvalue weighted by molar-refractivity contribution is 6.25. The molecule has 3 aromatic carbocycles. The molecule has 0 aliphatic rings. The van der Waals surface area contributed by atoms with Gasteiger partial charge in [0.05, 0.1) is 12.8 Å². The molecule has 0 aliphatic carbocycles. The zero-order valence-corrected chi connectivity index (χ0v) is 16.8. The summed E-state index contributed by atoms with van der Waals surface area (Å²) >= 11 is 0. The second-order valence-electron chi connectivity index (χ2n) is 6.64. The molecule has 2 amide bonds. The van der Waals surface area contributed by atoms with Crippen molar-refractivity contribution >= 4 is 17.6 Å². The first-order valence-corrected chi connectivity index (χ1v) is 9.63. The topological polar surface area (TPSA) is 72.4 Å². The summed E-state index contributed by atoms with van der Waals surface area (Å²) in [4.78, 5) is 36.3. The van der Waals surface area contributed by atoms with Gasteiger partial charge in [-0.2, -0.15) is 0 Å². The Morgan fingerprint density at radius 2 is 1.29 bits per heavy atom. The Morgan fingerprint density at radius 1 is 0.742 bits per heavy atom. The summed E-state index contributed by atoms with van der Waals surface area (Å²) in [6.45, 7) is 0. The average molecular weight is 409 g/mol. The van der Waals surface area contributed by atoms with E-state index in [4.69, 9.17) is 4.74 Å². The largest absolute Gasteiger partial charge is 0.496 e. The van der Waals surface area contributed by atoms with E-state index in [9.17, 15) is 9.59 Å². The lowest BCUT2D eigenvalue weighted by molar-refractivity contribution is 0.0896. The quantitative estimate of drug-likeness (QED) is 0.449. The maximum atomic E-state index is 13.4. The van der Waals surface area contributed by atoms with Gasteiger partial charge in [-0.05, 0) is 36.4 Å². The van der Waals surface area contributed by atoms with Crippen molar-refractivity contribution in [1.29, 1.82) is 0 Å². The lowest BCUT2D eigenvalue weighted by atomic mass is 10.1. The predicted octanol–water partition coefficient (Wildman–Crippen LogP) is 4.64. The van der Waals surface area contributed by atoms with Crippen LogP contribution in [0.3, 0.4) is 0 Å². The van der Waals surface area contributed by atoms with Crippen LogP contribution in [0.2, 0.25) is 0 Å². The van der Waals surface area contributed by atoms with E-state index in [1.165, 1.54) is 6.33 Å². The molecule has 6 heteroatoms. The number of aromatic nitrogens is 2. The first kappa shape index (κ1) is 20.0. The molecule has 0 atom stereocenters. The Morgan fingerprint density at radius 3 is 1.87 bits per heavy atom. The van der Waals surface area contributed by atoms with Gasteiger partial charge >= 0.3 is 0 Å². The van der Waals surface area contributed by atoms with Gasteiger partial charge in [0.25, 0.3) is 11.8 Å². The van der Waals surface area contributed by atoms with E-state index in [0.717, 1.165) is 10.5 Å². The van der Waals surface area contributed by atoms with Crippen molar-refractivity contribution < 1.29 is 14.3 Å². The molecule has 0 aliphatic heterocycles. The van der Waals surface area contributed by atoms with Crippen molar-refractivity contribution in [3.63, 3.8) is 0 Å². The van der Waals surface area contributed by atoms with E-state index in [1.54, 1.807) is 61.7 Å². The Hall–Kier alpha value is -4.32. The van der Waals surface area contributed by atoms with Gasteiger partial charge in [-0.15, -0.1) is 0 Å². The SMILES string of the molecule is COc1ccccc1-c1cc(N(C(=O)c2ccccc2)C(=O)c2ccccc2)ncn1. The van der Waals surface area contributed by atoms with E-state index < -0.39 is 11.8 Å². The molecular formula is C25H19N3O3. The normalized spacial score (nSPS) is 10.4.